The minimum atomic E-state index is -0.653. The molecule has 0 atom stereocenters. The van der Waals surface area contributed by atoms with Crippen molar-refractivity contribution in [3.8, 4) is 11.3 Å². The van der Waals surface area contributed by atoms with Gasteiger partial charge in [0.1, 0.15) is 18.1 Å². The van der Waals surface area contributed by atoms with Crippen molar-refractivity contribution in [2.24, 2.45) is 0 Å². The number of esters is 2. The number of hydrogen-bond acceptors (Lipinski definition) is 8. The SMILES string of the molecule is COC(=O)c1cccc(-c2ccc(/C=C3/SC(=O)N(CC(=O)OC(C)C)C3=O)o2)c1C. The van der Waals surface area contributed by atoms with Crippen molar-refractivity contribution in [1.82, 2.24) is 4.90 Å². The van der Waals surface area contributed by atoms with Gasteiger partial charge in [-0.05, 0) is 56.3 Å². The molecule has 0 bridgehead atoms. The van der Waals surface area contributed by atoms with E-state index < -0.39 is 29.6 Å². The summed E-state index contributed by atoms with van der Waals surface area (Å²) in [5.74, 6) is -0.838. The number of benzene rings is 1. The Morgan fingerprint density at radius 1 is 1.19 bits per heavy atom. The molecule has 8 nitrogen and oxygen atoms in total. The van der Waals surface area contributed by atoms with Gasteiger partial charge in [0.2, 0.25) is 0 Å². The van der Waals surface area contributed by atoms with Crippen molar-refractivity contribution < 1.29 is 33.1 Å². The number of imide groups is 1. The van der Waals surface area contributed by atoms with Gasteiger partial charge in [-0.1, -0.05) is 12.1 Å². The van der Waals surface area contributed by atoms with Gasteiger partial charge in [0.15, 0.2) is 0 Å². The molecular formula is C22H21NO7S. The van der Waals surface area contributed by atoms with E-state index in [9.17, 15) is 19.2 Å². The largest absolute Gasteiger partial charge is 0.465 e. The zero-order valence-electron chi connectivity index (χ0n) is 17.5. The fourth-order valence-electron chi connectivity index (χ4n) is 3.00. The Hall–Kier alpha value is -3.33. The number of methoxy groups -OCH3 is 1. The molecule has 1 saturated heterocycles. The number of thioether (sulfide) groups is 1. The standard InChI is InChI=1S/C22H21NO7S/c1-12(2)29-19(24)11-23-20(25)18(31-22(23)27)10-14-8-9-17(30-14)15-6-5-7-16(13(15)3)21(26)28-4/h5-10,12H,11H2,1-4H3/b18-10+. The molecular weight excluding hydrogens is 422 g/mol. The molecule has 162 valence electrons. The van der Waals surface area contributed by atoms with E-state index in [1.807, 2.05) is 0 Å². The second kappa shape index (κ2) is 9.22. The number of carbonyl (C=O) groups excluding carboxylic acids is 4. The Morgan fingerprint density at radius 2 is 1.94 bits per heavy atom. The van der Waals surface area contributed by atoms with Crippen LogP contribution in [-0.4, -0.2) is 47.7 Å². The third-order valence-electron chi connectivity index (χ3n) is 4.43. The Kier molecular flexibility index (Phi) is 6.65. The minimum Gasteiger partial charge on any atom is -0.465 e. The predicted octanol–water partition coefficient (Wildman–Crippen LogP) is 4.03. The highest BCUT2D eigenvalue weighted by Crippen LogP contribution is 2.34. The molecule has 9 heteroatoms. The topological polar surface area (TPSA) is 103 Å². The maximum Gasteiger partial charge on any atom is 0.338 e. The third-order valence-corrected chi connectivity index (χ3v) is 5.34. The van der Waals surface area contributed by atoms with E-state index in [-0.39, 0.29) is 11.0 Å². The van der Waals surface area contributed by atoms with E-state index in [1.165, 1.54) is 13.2 Å². The summed E-state index contributed by atoms with van der Waals surface area (Å²) in [7, 11) is 1.31. The smallest absolute Gasteiger partial charge is 0.338 e. The quantitative estimate of drug-likeness (QED) is 0.487. The van der Waals surface area contributed by atoms with Gasteiger partial charge in [0.05, 0.1) is 23.7 Å². The van der Waals surface area contributed by atoms with Crippen molar-refractivity contribution in [2.45, 2.75) is 26.9 Å². The van der Waals surface area contributed by atoms with Gasteiger partial charge in [-0.3, -0.25) is 19.3 Å². The summed E-state index contributed by atoms with van der Waals surface area (Å²) in [6.07, 6.45) is 1.10. The average Bonchev–Trinajstić information content (AvgIpc) is 3.27. The molecule has 2 heterocycles. The highest BCUT2D eigenvalue weighted by Gasteiger charge is 2.37. The molecule has 2 amide bonds. The first-order valence-corrected chi connectivity index (χ1v) is 10.3. The lowest BCUT2D eigenvalue weighted by Crippen LogP contribution is -2.35. The maximum atomic E-state index is 12.5. The molecule has 3 rings (SSSR count). The van der Waals surface area contributed by atoms with Gasteiger partial charge >= 0.3 is 11.9 Å². The molecule has 0 unspecified atom stereocenters. The lowest BCUT2D eigenvalue weighted by molar-refractivity contribution is -0.149. The third kappa shape index (κ3) is 4.88. The van der Waals surface area contributed by atoms with Crippen LogP contribution >= 0.6 is 11.8 Å². The fraction of sp³-hybridized carbons (Fsp3) is 0.273. The summed E-state index contributed by atoms with van der Waals surface area (Å²) in [6, 6.07) is 8.55. The van der Waals surface area contributed by atoms with Gasteiger partial charge < -0.3 is 13.9 Å². The average molecular weight is 443 g/mol. The fourth-order valence-corrected chi connectivity index (χ4v) is 3.82. The summed E-state index contributed by atoms with van der Waals surface area (Å²) < 4.78 is 15.6. The number of carbonyl (C=O) groups is 4. The van der Waals surface area contributed by atoms with Gasteiger partial charge in [-0.2, -0.15) is 0 Å². The normalized spacial score (nSPS) is 15.1. The molecule has 0 radical (unpaired) electrons. The lowest BCUT2D eigenvalue weighted by atomic mass is 10.0. The molecule has 0 N–H and O–H groups in total. The Bertz CT molecular complexity index is 1080. The Labute approximate surface area is 183 Å². The maximum absolute atomic E-state index is 12.5. The molecule has 0 aliphatic carbocycles. The highest BCUT2D eigenvalue weighted by atomic mass is 32.2. The van der Waals surface area contributed by atoms with Crippen LogP contribution in [0.15, 0.2) is 39.7 Å². The van der Waals surface area contributed by atoms with E-state index in [4.69, 9.17) is 13.9 Å². The number of rotatable bonds is 6. The van der Waals surface area contributed by atoms with Gasteiger partial charge in [-0.15, -0.1) is 0 Å². The molecule has 1 aromatic carbocycles. The van der Waals surface area contributed by atoms with Crippen LogP contribution in [0.2, 0.25) is 0 Å². The molecule has 31 heavy (non-hydrogen) atoms. The molecule has 2 aromatic rings. The van der Waals surface area contributed by atoms with Gasteiger partial charge in [-0.25, -0.2) is 4.79 Å². The molecule has 1 aliphatic heterocycles. The highest BCUT2D eigenvalue weighted by molar-refractivity contribution is 8.18. The van der Waals surface area contributed by atoms with Crippen molar-refractivity contribution in [1.29, 1.82) is 0 Å². The Morgan fingerprint density at radius 3 is 2.61 bits per heavy atom. The lowest BCUT2D eigenvalue weighted by Gasteiger charge is -2.13. The summed E-state index contributed by atoms with van der Waals surface area (Å²) in [5.41, 5.74) is 1.82. The van der Waals surface area contributed by atoms with Crippen LogP contribution in [0.3, 0.4) is 0 Å². The van der Waals surface area contributed by atoms with Crippen LogP contribution in [0.5, 0.6) is 0 Å². The molecule has 0 saturated carbocycles. The van der Waals surface area contributed by atoms with Crippen LogP contribution < -0.4 is 0 Å². The summed E-state index contributed by atoms with van der Waals surface area (Å²) >= 11 is 0.725. The van der Waals surface area contributed by atoms with Gasteiger partial charge in [0, 0.05) is 11.6 Å². The van der Waals surface area contributed by atoms with Crippen molar-refractivity contribution in [2.75, 3.05) is 13.7 Å². The number of furan rings is 1. The Balaban J connectivity index is 1.81. The number of amides is 2. The first kappa shape index (κ1) is 22.4. The molecule has 1 fully saturated rings. The molecule has 0 spiro atoms. The zero-order valence-corrected chi connectivity index (χ0v) is 18.3. The number of hydrogen-bond donors (Lipinski definition) is 0. The van der Waals surface area contributed by atoms with Crippen molar-refractivity contribution in [3.05, 3.63) is 52.1 Å². The minimum absolute atomic E-state index is 0.142. The van der Waals surface area contributed by atoms with E-state index in [0.29, 0.717) is 28.2 Å². The second-order valence-electron chi connectivity index (χ2n) is 6.98. The van der Waals surface area contributed by atoms with E-state index in [2.05, 4.69) is 0 Å². The predicted molar refractivity (Wildman–Crippen MR) is 114 cm³/mol. The van der Waals surface area contributed by atoms with E-state index in [0.717, 1.165) is 16.7 Å². The van der Waals surface area contributed by atoms with Crippen molar-refractivity contribution >= 4 is 40.9 Å². The first-order valence-electron chi connectivity index (χ1n) is 9.44. The molecule has 1 aromatic heterocycles. The van der Waals surface area contributed by atoms with Crippen LogP contribution in [-0.2, 0) is 19.1 Å². The van der Waals surface area contributed by atoms with Crippen LogP contribution in [0, 0.1) is 6.92 Å². The number of ether oxygens (including phenoxy) is 2. The van der Waals surface area contributed by atoms with Crippen LogP contribution in [0.25, 0.3) is 17.4 Å². The van der Waals surface area contributed by atoms with E-state index in [1.54, 1.807) is 51.1 Å². The van der Waals surface area contributed by atoms with E-state index >= 15 is 0 Å². The first-order chi connectivity index (χ1) is 14.7. The number of nitrogens with zero attached hydrogens (tertiary/aromatic N) is 1. The monoisotopic (exact) mass is 443 g/mol. The van der Waals surface area contributed by atoms with Crippen LogP contribution in [0.1, 0.15) is 35.5 Å². The molecule has 1 aliphatic rings. The summed E-state index contributed by atoms with van der Waals surface area (Å²) in [6.45, 7) is 4.71. The zero-order chi connectivity index (χ0) is 22.7. The summed E-state index contributed by atoms with van der Waals surface area (Å²) in [4.78, 5) is 49.4. The van der Waals surface area contributed by atoms with Crippen molar-refractivity contribution in [3.63, 3.8) is 0 Å². The summed E-state index contributed by atoms with van der Waals surface area (Å²) in [5, 5.41) is -0.551. The van der Waals surface area contributed by atoms with Gasteiger partial charge in [0.25, 0.3) is 11.1 Å². The second-order valence-corrected chi connectivity index (χ2v) is 7.97. The van der Waals surface area contributed by atoms with Crippen LogP contribution in [0.4, 0.5) is 4.79 Å².